The molecule has 2 bridgehead atoms. The lowest BCUT2D eigenvalue weighted by Crippen LogP contribution is -2.61. The molecular formula is C29H27N3O3. The molecule has 4 heterocycles. The van der Waals surface area contributed by atoms with Crippen LogP contribution in [-0.2, 0) is 16.0 Å². The first-order chi connectivity index (χ1) is 17.1. The van der Waals surface area contributed by atoms with E-state index in [1.165, 1.54) is 22.3 Å². The molecule has 3 aliphatic heterocycles. The number of rotatable bonds is 2. The number of hydrogen-bond donors (Lipinski definition) is 2. The number of fused-ring (bicyclic) bond motifs is 13. The van der Waals surface area contributed by atoms with E-state index in [2.05, 4.69) is 70.7 Å². The highest BCUT2D eigenvalue weighted by Gasteiger charge is 2.58. The molecule has 0 saturated carbocycles. The van der Waals surface area contributed by atoms with E-state index in [1.807, 2.05) is 7.05 Å². The summed E-state index contributed by atoms with van der Waals surface area (Å²) in [4.78, 5) is 13.3. The third kappa shape index (κ3) is 2.16. The molecule has 1 aliphatic carbocycles. The van der Waals surface area contributed by atoms with Crippen LogP contribution >= 0.6 is 0 Å². The van der Waals surface area contributed by atoms with Gasteiger partial charge in [-0.3, -0.25) is 4.79 Å². The number of amides is 1. The predicted octanol–water partition coefficient (Wildman–Crippen LogP) is 4.44. The Hall–Kier alpha value is -3.19. The largest absolute Gasteiger partial charge is 0.377 e. The van der Waals surface area contributed by atoms with Crippen LogP contribution in [0.1, 0.15) is 52.5 Å². The lowest BCUT2D eigenvalue weighted by Gasteiger charge is -2.50. The van der Waals surface area contributed by atoms with Crippen LogP contribution in [-0.4, -0.2) is 42.4 Å². The minimum absolute atomic E-state index is 0.00800. The van der Waals surface area contributed by atoms with E-state index in [9.17, 15) is 4.79 Å². The van der Waals surface area contributed by atoms with Crippen LogP contribution in [0.25, 0.3) is 32.9 Å². The molecule has 35 heavy (non-hydrogen) atoms. The van der Waals surface area contributed by atoms with Crippen molar-refractivity contribution in [2.45, 2.75) is 49.8 Å². The van der Waals surface area contributed by atoms with Gasteiger partial charge in [-0.2, -0.15) is 0 Å². The summed E-state index contributed by atoms with van der Waals surface area (Å²) >= 11 is 0. The molecular weight excluding hydrogens is 438 g/mol. The van der Waals surface area contributed by atoms with Crippen molar-refractivity contribution in [3.63, 3.8) is 0 Å². The molecule has 1 amide bonds. The highest BCUT2D eigenvalue weighted by atomic mass is 16.6. The number of methoxy groups -OCH3 is 1. The fourth-order valence-corrected chi connectivity index (χ4v) is 7.84. The van der Waals surface area contributed by atoms with Crippen molar-refractivity contribution in [1.82, 2.24) is 15.2 Å². The van der Waals surface area contributed by atoms with Gasteiger partial charge in [0.25, 0.3) is 5.91 Å². The fourth-order valence-electron chi connectivity index (χ4n) is 7.84. The smallest absolute Gasteiger partial charge is 0.252 e. The summed E-state index contributed by atoms with van der Waals surface area (Å²) in [5.41, 5.74) is 8.60. The molecule has 176 valence electrons. The van der Waals surface area contributed by atoms with Gasteiger partial charge in [0.05, 0.1) is 16.6 Å². The summed E-state index contributed by atoms with van der Waals surface area (Å²) in [6, 6.07) is 17.3. The molecule has 6 nitrogen and oxygen atoms in total. The first kappa shape index (κ1) is 20.0. The van der Waals surface area contributed by atoms with Crippen molar-refractivity contribution in [2.75, 3.05) is 14.2 Å². The molecule has 5 atom stereocenters. The van der Waals surface area contributed by atoms with Gasteiger partial charge in [0, 0.05) is 42.8 Å². The molecule has 0 radical (unpaired) electrons. The standard InChI is InChI=1S/C29H27N3O3/c1-29-25-15-9-5-4-8-14(15)21-17-13-31-28(33)23(17)22-16-10-6-7-11-19(16)32(26(22)24(21)25)20(35-29)12-18(30-2)27(29)34-3/h4-11,18,20,25,27,30H,12-13H2,1-3H3,(H,31,33)/t18-,20-,25?,27-,29-/m0/s1. The van der Waals surface area contributed by atoms with Gasteiger partial charge in [-0.25, -0.2) is 0 Å². The normalized spacial score (nSPS) is 29.9. The van der Waals surface area contributed by atoms with Gasteiger partial charge in [-0.05, 0) is 47.9 Å². The first-order valence-corrected chi connectivity index (χ1v) is 12.4. The maximum absolute atomic E-state index is 13.3. The number of carbonyl (C=O) groups is 1. The highest BCUT2D eigenvalue weighted by molar-refractivity contribution is 6.23. The first-order valence-electron chi connectivity index (χ1n) is 12.4. The minimum Gasteiger partial charge on any atom is -0.377 e. The van der Waals surface area contributed by atoms with Gasteiger partial charge in [-0.15, -0.1) is 0 Å². The lowest BCUT2D eigenvalue weighted by atomic mass is 9.73. The van der Waals surface area contributed by atoms with Crippen molar-refractivity contribution in [3.8, 4) is 11.1 Å². The maximum Gasteiger partial charge on any atom is 0.252 e. The number of nitrogens with one attached hydrogen (secondary N) is 2. The lowest BCUT2D eigenvalue weighted by molar-refractivity contribution is -0.223. The van der Waals surface area contributed by atoms with E-state index >= 15 is 0 Å². The van der Waals surface area contributed by atoms with Crippen molar-refractivity contribution in [1.29, 1.82) is 0 Å². The molecule has 1 aromatic heterocycles. The van der Waals surface area contributed by atoms with Gasteiger partial charge < -0.3 is 24.7 Å². The van der Waals surface area contributed by atoms with Gasteiger partial charge >= 0.3 is 0 Å². The van der Waals surface area contributed by atoms with Gasteiger partial charge in [-0.1, -0.05) is 42.5 Å². The molecule has 0 spiro atoms. The Morgan fingerprint density at radius 3 is 2.77 bits per heavy atom. The number of carbonyl (C=O) groups excluding carboxylic acids is 1. The van der Waals surface area contributed by atoms with E-state index in [4.69, 9.17) is 9.47 Å². The third-order valence-corrected chi connectivity index (χ3v) is 9.03. The van der Waals surface area contributed by atoms with Crippen LogP contribution in [0, 0.1) is 0 Å². The molecule has 3 aromatic carbocycles. The molecule has 2 N–H and O–H groups in total. The Labute approximate surface area is 203 Å². The second kappa shape index (κ2) is 6.52. The second-order valence-corrected chi connectivity index (χ2v) is 10.5. The SMILES string of the molecule is CN[C@H]1C[C@@H]2O[C@@](C)(C3c4ccccc4-c4c5c(c6c7ccccc7n2c6c43)C(=O)NC5)[C@H]1OC. The van der Waals surface area contributed by atoms with Crippen LogP contribution in [0.15, 0.2) is 48.5 Å². The number of benzene rings is 3. The number of aromatic nitrogens is 1. The van der Waals surface area contributed by atoms with Crippen molar-refractivity contribution in [3.05, 3.63) is 70.8 Å². The Morgan fingerprint density at radius 1 is 1.14 bits per heavy atom. The van der Waals surface area contributed by atoms with Crippen LogP contribution in [0.2, 0.25) is 0 Å². The molecule has 4 aliphatic rings. The Bertz CT molecular complexity index is 1600. The summed E-state index contributed by atoms with van der Waals surface area (Å²) in [6.07, 6.45) is 0.479. The monoisotopic (exact) mass is 465 g/mol. The molecule has 4 aromatic rings. The summed E-state index contributed by atoms with van der Waals surface area (Å²) in [5, 5.41) is 8.87. The minimum atomic E-state index is -0.593. The van der Waals surface area contributed by atoms with Crippen LogP contribution in [0.4, 0.5) is 0 Å². The average Bonchev–Trinajstić information content (AvgIpc) is 3.51. The Kier molecular flexibility index (Phi) is 3.73. The van der Waals surface area contributed by atoms with E-state index in [0.717, 1.165) is 39.4 Å². The van der Waals surface area contributed by atoms with E-state index in [1.54, 1.807) is 7.11 Å². The number of hydrogen-bond acceptors (Lipinski definition) is 4. The zero-order valence-electron chi connectivity index (χ0n) is 20.0. The fraction of sp³-hybridized carbons (Fsp3) is 0.345. The number of nitrogens with zero attached hydrogens (tertiary/aromatic N) is 1. The summed E-state index contributed by atoms with van der Waals surface area (Å²) in [6.45, 7) is 2.78. The highest BCUT2D eigenvalue weighted by Crippen LogP contribution is 2.62. The van der Waals surface area contributed by atoms with Crippen molar-refractivity contribution >= 4 is 27.7 Å². The molecule has 1 unspecified atom stereocenters. The molecule has 6 heteroatoms. The summed E-state index contributed by atoms with van der Waals surface area (Å²) in [5.74, 6) is 0.0141. The van der Waals surface area contributed by atoms with Crippen LogP contribution in [0.5, 0.6) is 0 Å². The van der Waals surface area contributed by atoms with E-state index < -0.39 is 5.60 Å². The Balaban J connectivity index is 1.64. The molecule has 1 fully saturated rings. The average molecular weight is 466 g/mol. The van der Waals surface area contributed by atoms with Gasteiger partial charge in [0.1, 0.15) is 17.9 Å². The van der Waals surface area contributed by atoms with Crippen molar-refractivity contribution < 1.29 is 14.3 Å². The van der Waals surface area contributed by atoms with Crippen LogP contribution < -0.4 is 10.6 Å². The predicted molar refractivity (Wildman–Crippen MR) is 135 cm³/mol. The van der Waals surface area contributed by atoms with Gasteiger partial charge in [0.15, 0.2) is 0 Å². The third-order valence-electron chi connectivity index (χ3n) is 9.03. The number of para-hydroxylation sites is 1. The molecule has 1 saturated heterocycles. The number of likely N-dealkylation sites (N-methyl/N-ethyl adjacent to an activating group) is 1. The van der Waals surface area contributed by atoms with E-state index in [-0.39, 0.29) is 30.2 Å². The zero-order chi connectivity index (χ0) is 23.6. The van der Waals surface area contributed by atoms with Crippen LogP contribution in [0.3, 0.4) is 0 Å². The zero-order valence-corrected chi connectivity index (χ0v) is 20.0. The topological polar surface area (TPSA) is 64.5 Å². The number of ether oxygens (including phenoxy) is 2. The maximum atomic E-state index is 13.3. The quantitative estimate of drug-likeness (QED) is 0.459. The second-order valence-electron chi connectivity index (χ2n) is 10.5. The summed E-state index contributed by atoms with van der Waals surface area (Å²) in [7, 11) is 3.81. The van der Waals surface area contributed by atoms with Gasteiger partial charge in [0.2, 0.25) is 0 Å². The Morgan fingerprint density at radius 2 is 1.94 bits per heavy atom. The summed E-state index contributed by atoms with van der Waals surface area (Å²) < 4.78 is 15.8. The van der Waals surface area contributed by atoms with Crippen molar-refractivity contribution in [2.24, 2.45) is 0 Å². The van der Waals surface area contributed by atoms with E-state index in [0.29, 0.717) is 6.54 Å². The molecule has 8 rings (SSSR count).